The first-order valence-electron chi connectivity index (χ1n) is 8.26. The fourth-order valence-electron chi connectivity index (χ4n) is 1.89. The van der Waals surface area contributed by atoms with Gasteiger partial charge in [-0.2, -0.15) is 0 Å². The third kappa shape index (κ3) is 11.1. The lowest BCUT2D eigenvalue weighted by molar-refractivity contribution is 0.115. The number of hydrogen-bond acceptors (Lipinski definition) is 6. The first kappa shape index (κ1) is 22.5. The fraction of sp³-hybridized carbons (Fsp3) is 0.875. The predicted octanol–water partition coefficient (Wildman–Crippen LogP) is 1.92. The average molecular weight is 348 g/mol. The SMILES string of the molecule is COCCCOC(=O)NC(C)C(C)C(C)NC(=O)OCCCOC. The molecule has 2 atom stereocenters. The molecule has 2 N–H and O–H groups in total. The van der Waals surface area contributed by atoms with Crippen molar-refractivity contribution in [2.45, 2.75) is 45.7 Å². The largest absolute Gasteiger partial charge is 0.449 e. The quantitative estimate of drug-likeness (QED) is 0.523. The van der Waals surface area contributed by atoms with Gasteiger partial charge in [0.05, 0.1) is 13.2 Å². The lowest BCUT2D eigenvalue weighted by atomic mass is 9.96. The van der Waals surface area contributed by atoms with Crippen molar-refractivity contribution in [2.24, 2.45) is 5.92 Å². The molecule has 0 heterocycles. The lowest BCUT2D eigenvalue weighted by Gasteiger charge is -2.27. The summed E-state index contributed by atoms with van der Waals surface area (Å²) in [5.74, 6) is 0.00282. The number of amides is 2. The van der Waals surface area contributed by atoms with Gasteiger partial charge in [0.25, 0.3) is 0 Å². The number of carbonyl (C=O) groups excluding carboxylic acids is 2. The van der Waals surface area contributed by atoms with E-state index in [4.69, 9.17) is 18.9 Å². The number of methoxy groups -OCH3 is 2. The first-order valence-corrected chi connectivity index (χ1v) is 8.26. The van der Waals surface area contributed by atoms with Crippen molar-refractivity contribution in [3.8, 4) is 0 Å². The van der Waals surface area contributed by atoms with E-state index in [1.165, 1.54) is 0 Å². The van der Waals surface area contributed by atoms with Crippen LogP contribution in [0.4, 0.5) is 9.59 Å². The number of carbonyl (C=O) groups is 2. The van der Waals surface area contributed by atoms with E-state index in [0.29, 0.717) is 39.3 Å². The molecule has 0 rings (SSSR count). The zero-order valence-electron chi connectivity index (χ0n) is 15.4. The first-order chi connectivity index (χ1) is 11.4. The Morgan fingerprint density at radius 3 is 1.46 bits per heavy atom. The summed E-state index contributed by atoms with van der Waals surface area (Å²) in [6.45, 7) is 7.38. The highest BCUT2D eigenvalue weighted by Crippen LogP contribution is 2.09. The smallest absolute Gasteiger partial charge is 0.407 e. The molecule has 0 aliphatic rings. The van der Waals surface area contributed by atoms with Crippen LogP contribution in [0, 0.1) is 5.92 Å². The molecular weight excluding hydrogens is 316 g/mol. The summed E-state index contributed by atoms with van der Waals surface area (Å²) in [7, 11) is 3.20. The molecular formula is C16H32N2O6. The third-order valence-corrected chi connectivity index (χ3v) is 3.72. The zero-order chi connectivity index (χ0) is 18.4. The minimum atomic E-state index is -0.472. The Balaban J connectivity index is 4.01. The molecule has 2 unspecified atom stereocenters. The van der Waals surface area contributed by atoms with Crippen molar-refractivity contribution in [1.29, 1.82) is 0 Å². The van der Waals surface area contributed by atoms with Gasteiger partial charge in [0.2, 0.25) is 0 Å². The highest BCUT2D eigenvalue weighted by Gasteiger charge is 2.23. The second-order valence-electron chi connectivity index (χ2n) is 5.69. The van der Waals surface area contributed by atoms with Gasteiger partial charge in [-0.3, -0.25) is 0 Å². The fourth-order valence-corrected chi connectivity index (χ4v) is 1.89. The summed E-state index contributed by atoms with van der Waals surface area (Å²) >= 11 is 0. The van der Waals surface area contributed by atoms with E-state index in [1.54, 1.807) is 14.2 Å². The molecule has 0 saturated heterocycles. The monoisotopic (exact) mass is 348 g/mol. The number of rotatable bonds is 12. The topological polar surface area (TPSA) is 95.1 Å². The molecule has 0 radical (unpaired) electrons. The van der Waals surface area contributed by atoms with Crippen LogP contribution in [0.5, 0.6) is 0 Å². The molecule has 8 nitrogen and oxygen atoms in total. The van der Waals surface area contributed by atoms with Gasteiger partial charge in [-0.25, -0.2) is 9.59 Å². The van der Waals surface area contributed by atoms with Crippen LogP contribution in [-0.4, -0.2) is 64.9 Å². The van der Waals surface area contributed by atoms with Crippen LogP contribution in [0.15, 0.2) is 0 Å². The van der Waals surface area contributed by atoms with Crippen LogP contribution >= 0.6 is 0 Å². The van der Waals surface area contributed by atoms with Gasteiger partial charge < -0.3 is 29.6 Å². The average Bonchev–Trinajstić information content (AvgIpc) is 2.54. The van der Waals surface area contributed by atoms with Gasteiger partial charge in [0, 0.05) is 52.4 Å². The van der Waals surface area contributed by atoms with Crippen LogP contribution < -0.4 is 10.6 Å². The van der Waals surface area contributed by atoms with Crippen molar-refractivity contribution in [3.63, 3.8) is 0 Å². The van der Waals surface area contributed by atoms with Gasteiger partial charge in [-0.05, 0) is 19.8 Å². The lowest BCUT2D eigenvalue weighted by Crippen LogP contribution is -2.47. The van der Waals surface area contributed by atoms with E-state index >= 15 is 0 Å². The Labute approximate surface area is 144 Å². The minimum absolute atomic E-state index is 0.00282. The Bertz CT molecular complexity index is 321. The molecule has 0 saturated carbocycles. The van der Waals surface area contributed by atoms with Gasteiger partial charge in [0.15, 0.2) is 0 Å². The second kappa shape index (κ2) is 13.9. The number of nitrogens with one attached hydrogen (secondary N) is 2. The maximum atomic E-state index is 11.7. The van der Waals surface area contributed by atoms with E-state index < -0.39 is 12.2 Å². The summed E-state index contributed by atoms with van der Waals surface area (Å²) in [6.07, 6.45) is 0.362. The molecule has 0 aromatic rings. The molecule has 142 valence electrons. The van der Waals surface area contributed by atoms with Gasteiger partial charge >= 0.3 is 12.2 Å². The summed E-state index contributed by atoms with van der Waals surface area (Å²) in [4.78, 5) is 23.3. The number of alkyl carbamates (subject to hydrolysis) is 2. The Morgan fingerprint density at radius 2 is 1.12 bits per heavy atom. The highest BCUT2D eigenvalue weighted by atomic mass is 16.6. The van der Waals surface area contributed by atoms with Crippen LogP contribution in [0.1, 0.15) is 33.6 Å². The number of hydrogen-bond donors (Lipinski definition) is 2. The van der Waals surface area contributed by atoms with Gasteiger partial charge in [0.1, 0.15) is 0 Å². The second-order valence-corrected chi connectivity index (χ2v) is 5.69. The maximum absolute atomic E-state index is 11.7. The molecule has 0 aromatic carbocycles. The molecule has 0 aliphatic carbocycles. The molecule has 24 heavy (non-hydrogen) atoms. The predicted molar refractivity (Wildman–Crippen MR) is 90.0 cm³/mol. The number of ether oxygens (including phenoxy) is 4. The standard InChI is InChI=1S/C16H32N2O6/c1-12(13(2)17-15(19)23-10-6-8-21-4)14(3)18-16(20)24-11-7-9-22-5/h12-14H,6-11H2,1-5H3,(H,17,19)(H,18,20). The summed E-state index contributed by atoms with van der Waals surface area (Å²) in [5, 5.41) is 5.52. The van der Waals surface area contributed by atoms with Crippen LogP contribution in [-0.2, 0) is 18.9 Å². The van der Waals surface area contributed by atoms with E-state index in [2.05, 4.69) is 10.6 Å². The van der Waals surface area contributed by atoms with Crippen molar-refractivity contribution >= 4 is 12.2 Å². The molecule has 0 fully saturated rings. The molecule has 0 aromatic heterocycles. The maximum Gasteiger partial charge on any atom is 0.407 e. The summed E-state index contributed by atoms with van der Waals surface area (Å²) in [6, 6.07) is -0.326. The molecule has 8 heteroatoms. The summed E-state index contributed by atoms with van der Waals surface area (Å²) in [5.41, 5.74) is 0. The zero-order valence-corrected chi connectivity index (χ0v) is 15.4. The Kier molecular flexibility index (Phi) is 13.0. The van der Waals surface area contributed by atoms with E-state index in [9.17, 15) is 9.59 Å². The normalized spacial score (nSPS) is 14.4. The Hall–Kier alpha value is -1.54. The highest BCUT2D eigenvalue weighted by molar-refractivity contribution is 5.68. The van der Waals surface area contributed by atoms with Gasteiger partial charge in [-0.1, -0.05) is 6.92 Å². The summed E-state index contributed by atoms with van der Waals surface area (Å²) < 4.78 is 19.9. The minimum Gasteiger partial charge on any atom is -0.449 e. The van der Waals surface area contributed by atoms with Crippen LogP contribution in [0.3, 0.4) is 0 Å². The van der Waals surface area contributed by atoms with E-state index in [1.807, 2.05) is 20.8 Å². The Morgan fingerprint density at radius 1 is 0.750 bits per heavy atom. The molecule has 2 amide bonds. The third-order valence-electron chi connectivity index (χ3n) is 3.72. The van der Waals surface area contributed by atoms with E-state index in [-0.39, 0.29) is 18.0 Å². The van der Waals surface area contributed by atoms with Crippen molar-refractivity contribution in [3.05, 3.63) is 0 Å². The van der Waals surface area contributed by atoms with Crippen LogP contribution in [0.2, 0.25) is 0 Å². The molecule has 0 bridgehead atoms. The van der Waals surface area contributed by atoms with E-state index in [0.717, 1.165) is 0 Å². The van der Waals surface area contributed by atoms with Crippen molar-refractivity contribution < 1.29 is 28.5 Å². The molecule has 0 spiro atoms. The van der Waals surface area contributed by atoms with Crippen molar-refractivity contribution in [1.82, 2.24) is 10.6 Å². The van der Waals surface area contributed by atoms with Crippen molar-refractivity contribution in [2.75, 3.05) is 40.6 Å². The van der Waals surface area contributed by atoms with Gasteiger partial charge in [-0.15, -0.1) is 0 Å². The molecule has 0 aliphatic heterocycles. The van der Waals surface area contributed by atoms with Crippen LogP contribution in [0.25, 0.3) is 0 Å².